The lowest BCUT2D eigenvalue weighted by molar-refractivity contribution is 0.181. The average molecular weight is 353 g/mol. The Kier molecular flexibility index (Phi) is 6.38. The van der Waals surface area contributed by atoms with Crippen LogP contribution in [0.3, 0.4) is 0 Å². The molecule has 21 heavy (non-hydrogen) atoms. The van der Waals surface area contributed by atoms with Crippen LogP contribution in [0.25, 0.3) is 0 Å². The first kappa shape index (κ1) is 16.2. The molecule has 1 aromatic heterocycles. The molecule has 0 saturated carbocycles. The van der Waals surface area contributed by atoms with Crippen molar-refractivity contribution in [3.8, 4) is 0 Å². The van der Waals surface area contributed by atoms with Crippen LogP contribution < -0.4 is 11.3 Å². The molecule has 0 amide bonds. The number of hydrogen-bond acceptors (Lipinski definition) is 4. The molecule has 114 valence electrons. The van der Waals surface area contributed by atoms with Crippen LogP contribution in [0, 0.1) is 0 Å². The summed E-state index contributed by atoms with van der Waals surface area (Å²) in [5.41, 5.74) is 5.26. The van der Waals surface area contributed by atoms with Gasteiger partial charge in [-0.1, -0.05) is 30.3 Å². The standard InChI is InChI=1S/C15H21BrN4O/c1-21-10-9-20-15(13(16)11-18-20)14(19-17)8-7-12-5-3-2-4-6-12/h2-6,11,14,19H,7-10,17H2,1H3. The SMILES string of the molecule is COCCn1ncc(Br)c1C(CCc1ccccc1)NN. The van der Waals surface area contributed by atoms with Gasteiger partial charge in [-0.3, -0.25) is 16.0 Å². The molecular weight excluding hydrogens is 332 g/mol. The van der Waals surface area contributed by atoms with Gasteiger partial charge in [-0.15, -0.1) is 0 Å². The Morgan fingerprint density at radius 1 is 1.38 bits per heavy atom. The zero-order valence-electron chi connectivity index (χ0n) is 12.1. The molecule has 0 saturated heterocycles. The van der Waals surface area contributed by atoms with Crippen molar-refractivity contribution in [3.05, 3.63) is 52.3 Å². The Balaban J connectivity index is 2.08. The van der Waals surface area contributed by atoms with E-state index in [0.29, 0.717) is 13.2 Å². The first-order valence-electron chi connectivity index (χ1n) is 6.96. The van der Waals surface area contributed by atoms with Crippen molar-refractivity contribution >= 4 is 15.9 Å². The molecule has 0 bridgehead atoms. The van der Waals surface area contributed by atoms with Crippen LogP contribution in [-0.4, -0.2) is 23.5 Å². The highest BCUT2D eigenvalue weighted by Crippen LogP contribution is 2.26. The van der Waals surface area contributed by atoms with Crippen LogP contribution in [0.4, 0.5) is 0 Å². The van der Waals surface area contributed by atoms with Crippen LogP contribution in [0.1, 0.15) is 23.7 Å². The average Bonchev–Trinajstić information content (AvgIpc) is 2.88. The molecule has 0 aliphatic rings. The Hall–Kier alpha value is -1.21. The van der Waals surface area contributed by atoms with Crippen molar-refractivity contribution in [2.24, 2.45) is 5.84 Å². The van der Waals surface area contributed by atoms with Crippen molar-refractivity contribution in [2.75, 3.05) is 13.7 Å². The lowest BCUT2D eigenvalue weighted by Gasteiger charge is -2.18. The zero-order valence-corrected chi connectivity index (χ0v) is 13.7. The summed E-state index contributed by atoms with van der Waals surface area (Å²) < 4.78 is 8.03. The molecular formula is C15H21BrN4O. The van der Waals surface area contributed by atoms with Gasteiger partial charge in [0.15, 0.2) is 0 Å². The lowest BCUT2D eigenvalue weighted by Crippen LogP contribution is -2.31. The first-order valence-corrected chi connectivity index (χ1v) is 7.75. The minimum atomic E-state index is 0.0407. The monoisotopic (exact) mass is 352 g/mol. The highest BCUT2D eigenvalue weighted by Gasteiger charge is 2.19. The third kappa shape index (κ3) is 4.38. The highest BCUT2D eigenvalue weighted by atomic mass is 79.9. The third-order valence-corrected chi connectivity index (χ3v) is 4.05. The van der Waals surface area contributed by atoms with E-state index < -0.39 is 0 Å². The van der Waals surface area contributed by atoms with E-state index in [9.17, 15) is 0 Å². The molecule has 6 heteroatoms. The number of hydrogen-bond donors (Lipinski definition) is 2. The Morgan fingerprint density at radius 3 is 2.81 bits per heavy atom. The second kappa shape index (κ2) is 8.29. The van der Waals surface area contributed by atoms with Gasteiger partial charge < -0.3 is 4.74 Å². The third-order valence-electron chi connectivity index (χ3n) is 3.44. The van der Waals surface area contributed by atoms with Crippen molar-refractivity contribution < 1.29 is 4.74 Å². The van der Waals surface area contributed by atoms with Gasteiger partial charge in [0.2, 0.25) is 0 Å². The van der Waals surface area contributed by atoms with E-state index in [0.717, 1.165) is 23.0 Å². The minimum Gasteiger partial charge on any atom is -0.383 e. The number of rotatable bonds is 8. The molecule has 5 nitrogen and oxygen atoms in total. The van der Waals surface area contributed by atoms with E-state index in [1.54, 1.807) is 13.3 Å². The summed E-state index contributed by atoms with van der Waals surface area (Å²) in [5, 5.41) is 4.37. The molecule has 0 aliphatic carbocycles. The van der Waals surface area contributed by atoms with Crippen LogP contribution in [0.5, 0.6) is 0 Å². The van der Waals surface area contributed by atoms with Crippen molar-refractivity contribution in [2.45, 2.75) is 25.4 Å². The maximum atomic E-state index is 5.75. The first-order chi connectivity index (χ1) is 10.3. The second-order valence-electron chi connectivity index (χ2n) is 4.84. The van der Waals surface area contributed by atoms with Gasteiger partial charge in [-0.25, -0.2) is 0 Å². The van der Waals surface area contributed by atoms with E-state index in [1.807, 2.05) is 10.7 Å². The van der Waals surface area contributed by atoms with Gasteiger partial charge >= 0.3 is 0 Å². The summed E-state index contributed by atoms with van der Waals surface area (Å²) >= 11 is 3.56. The van der Waals surface area contributed by atoms with Crippen molar-refractivity contribution in [1.29, 1.82) is 0 Å². The fourth-order valence-corrected chi connectivity index (χ4v) is 2.90. The predicted octanol–water partition coefficient (Wildman–Crippen LogP) is 2.43. The smallest absolute Gasteiger partial charge is 0.0710 e. The molecule has 1 atom stereocenters. The molecule has 0 aliphatic heterocycles. The molecule has 1 heterocycles. The maximum absolute atomic E-state index is 5.75. The molecule has 0 radical (unpaired) electrons. The van der Waals surface area contributed by atoms with Crippen molar-refractivity contribution in [1.82, 2.24) is 15.2 Å². The summed E-state index contributed by atoms with van der Waals surface area (Å²) in [6.07, 6.45) is 3.66. The molecule has 0 fully saturated rings. The van der Waals surface area contributed by atoms with Gasteiger partial charge in [0.1, 0.15) is 0 Å². The number of halogens is 1. The maximum Gasteiger partial charge on any atom is 0.0710 e. The fraction of sp³-hybridized carbons (Fsp3) is 0.400. The topological polar surface area (TPSA) is 65.1 Å². The number of nitrogens with two attached hydrogens (primary N) is 1. The van der Waals surface area contributed by atoms with Crippen LogP contribution in [0.15, 0.2) is 41.0 Å². The van der Waals surface area contributed by atoms with E-state index in [4.69, 9.17) is 10.6 Å². The number of methoxy groups -OCH3 is 1. The van der Waals surface area contributed by atoms with Crippen LogP contribution >= 0.6 is 15.9 Å². The Bertz CT molecular complexity index is 544. The summed E-state index contributed by atoms with van der Waals surface area (Å²) in [6.45, 7) is 1.33. The predicted molar refractivity (Wildman–Crippen MR) is 86.6 cm³/mol. The summed E-state index contributed by atoms with van der Waals surface area (Å²) in [7, 11) is 1.69. The Morgan fingerprint density at radius 2 is 2.14 bits per heavy atom. The van der Waals surface area contributed by atoms with Gasteiger partial charge in [0, 0.05) is 7.11 Å². The van der Waals surface area contributed by atoms with Gasteiger partial charge in [-0.05, 0) is 34.3 Å². The van der Waals surface area contributed by atoms with Gasteiger partial charge in [-0.2, -0.15) is 5.10 Å². The summed E-state index contributed by atoms with van der Waals surface area (Å²) in [6, 6.07) is 10.4. The number of benzene rings is 1. The normalized spacial score (nSPS) is 12.5. The largest absolute Gasteiger partial charge is 0.383 e. The summed E-state index contributed by atoms with van der Waals surface area (Å²) in [4.78, 5) is 0. The molecule has 1 aromatic carbocycles. The van der Waals surface area contributed by atoms with E-state index >= 15 is 0 Å². The van der Waals surface area contributed by atoms with E-state index in [1.165, 1.54) is 5.56 Å². The fourth-order valence-electron chi connectivity index (χ4n) is 2.33. The molecule has 0 spiro atoms. The second-order valence-corrected chi connectivity index (χ2v) is 5.69. The summed E-state index contributed by atoms with van der Waals surface area (Å²) in [5.74, 6) is 5.75. The number of nitrogens with zero attached hydrogens (tertiary/aromatic N) is 2. The minimum absolute atomic E-state index is 0.0407. The van der Waals surface area contributed by atoms with Gasteiger partial charge in [0.05, 0.1) is 35.6 Å². The van der Waals surface area contributed by atoms with Crippen LogP contribution in [-0.2, 0) is 17.7 Å². The number of aryl methyl sites for hydroxylation is 1. The van der Waals surface area contributed by atoms with E-state index in [-0.39, 0.29) is 6.04 Å². The highest BCUT2D eigenvalue weighted by molar-refractivity contribution is 9.10. The lowest BCUT2D eigenvalue weighted by atomic mass is 10.0. The molecule has 2 aromatic rings. The Labute approximate surface area is 133 Å². The molecule has 1 unspecified atom stereocenters. The van der Waals surface area contributed by atoms with Crippen LogP contribution in [0.2, 0.25) is 0 Å². The van der Waals surface area contributed by atoms with Gasteiger partial charge in [0.25, 0.3) is 0 Å². The quantitative estimate of drug-likeness (QED) is 0.565. The number of ether oxygens (including phenoxy) is 1. The number of nitrogens with one attached hydrogen (secondary N) is 1. The van der Waals surface area contributed by atoms with Crippen molar-refractivity contribution in [3.63, 3.8) is 0 Å². The zero-order chi connectivity index (χ0) is 15.1. The van der Waals surface area contributed by atoms with E-state index in [2.05, 4.69) is 50.7 Å². The molecule has 2 rings (SSSR count). The molecule has 3 N–H and O–H groups in total. The number of hydrazine groups is 1. The number of aromatic nitrogens is 2.